The second-order valence-corrected chi connectivity index (χ2v) is 6.33. The molecular formula is C17H21N3. The number of hydrogen-bond acceptors (Lipinski definition) is 3. The first-order valence-electron chi connectivity index (χ1n) is 7.72. The van der Waals surface area contributed by atoms with E-state index in [2.05, 4.69) is 39.9 Å². The number of anilines is 2. The van der Waals surface area contributed by atoms with Crippen molar-refractivity contribution < 1.29 is 0 Å². The van der Waals surface area contributed by atoms with Gasteiger partial charge < -0.3 is 10.6 Å². The summed E-state index contributed by atoms with van der Waals surface area (Å²) in [5.74, 6) is 0. The van der Waals surface area contributed by atoms with Gasteiger partial charge in [-0.05, 0) is 18.9 Å². The van der Waals surface area contributed by atoms with Crippen LogP contribution in [-0.4, -0.2) is 18.1 Å². The molecule has 2 aliphatic rings. The second kappa shape index (κ2) is 4.65. The third-order valence-electron chi connectivity index (χ3n) is 4.98. The van der Waals surface area contributed by atoms with Crippen molar-refractivity contribution in [3.8, 4) is 0 Å². The molecular weight excluding hydrogens is 246 g/mol. The zero-order valence-corrected chi connectivity index (χ0v) is 11.8. The lowest BCUT2D eigenvalue weighted by Gasteiger charge is -2.36. The van der Waals surface area contributed by atoms with Crippen molar-refractivity contribution in [2.24, 2.45) is 5.41 Å². The van der Waals surface area contributed by atoms with Crippen molar-refractivity contribution in [1.29, 1.82) is 0 Å². The Labute approximate surface area is 119 Å². The first-order chi connectivity index (χ1) is 9.86. The SMILES string of the molecule is c1ccc2c3c(cnc2c1)NCC1(CCCCC1)CN3. The standard InChI is InChI=1S/C17H21N3/c1-4-8-17(9-5-1)11-19-15-10-18-14-7-3-2-6-13(14)16(15)20-12-17/h2-3,6-7,10,19-20H,1,4-5,8-9,11-12H2. The largest absolute Gasteiger partial charge is 0.382 e. The average molecular weight is 267 g/mol. The van der Waals surface area contributed by atoms with Crippen molar-refractivity contribution in [3.63, 3.8) is 0 Å². The fourth-order valence-corrected chi connectivity index (χ4v) is 3.74. The summed E-state index contributed by atoms with van der Waals surface area (Å²) in [4.78, 5) is 4.57. The number of nitrogens with one attached hydrogen (secondary N) is 2. The Hall–Kier alpha value is -1.77. The molecule has 1 aliphatic heterocycles. The van der Waals surface area contributed by atoms with E-state index in [0.717, 1.165) is 24.3 Å². The van der Waals surface area contributed by atoms with Crippen LogP contribution in [0.3, 0.4) is 0 Å². The Morgan fingerprint density at radius 3 is 2.65 bits per heavy atom. The molecule has 1 aromatic carbocycles. The Bertz CT molecular complexity index is 629. The molecule has 1 aliphatic carbocycles. The monoisotopic (exact) mass is 267 g/mol. The summed E-state index contributed by atoms with van der Waals surface area (Å²) in [6.07, 6.45) is 8.81. The maximum Gasteiger partial charge on any atom is 0.0769 e. The normalized spacial score (nSPS) is 20.8. The van der Waals surface area contributed by atoms with Gasteiger partial charge in [-0.25, -0.2) is 0 Å². The fraction of sp³-hybridized carbons (Fsp3) is 0.471. The molecule has 1 spiro atoms. The quantitative estimate of drug-likeness (QED) is 0.757. The Balaban J connectivity index is 1.73. The van der Waals surface area contributed by atoms with E-state index in [9.17, 15) is 0 Å². The van der Waals surface area contributed by atoms with Gasteiger partial charge in [-0.1, -0.05) is 37.5 Å². The summed E-state index contributed by atoms with van der Waals surface area (Å²) in [7, 11) is 0. The molecule has 0 radical (unpaired) electrons. The predicted molar refractivity (Wildman–Crippen MR) is 84.2 cm³/mol. The van der Waals surface area contributed by atoms with Gasteiger partial charge in [-0.3, -0.25) is 4.98 Å². The highest BCUT2D eigenvalue weighted by molar-refractivity contribution is 5.97. The maximum absolute atomic E-state index is 4.57. The van der Waals surface area contributed by atoms with Crippen molar-refractivity contribution in [2.45, 2.75) is 32.1 Å². The molecule has 104 valence electrons. The van der Waals surface area contributed by atoms with Gasteiger partial charge in [0.05, 0.1) is 23.1 Å². The van der Waals surface area contributed by atoms with Gasteiger partial charge in [0.2, 0.25) is 0 Å². The van der Waals surface area contributed by atoms with Crippen LogP contribution in [0, 0.1) is 5.41 Å². The van der Waals surface area contributed by atoms with Crippen LogP contribution in [0.1, 0.15) is 32.1 Å². The highest BCUT2D eigenvalue weighted by Crippen LogP contribution is 2.41. The average Bonchev–Trinajstić information content (AvgIpc) is 2.69. The lowest BCUT2D eigenvalue weighted by molar-refractivity contribution is 0.224. The third-order valence-corrected chi connectivity index (χ3v) is 4.98. The molecule has 0 atom stereocenters. The summed E-state index contributed by atoms with van der Waals surface area (Å²) in [6.45, 7) is 2.16. The van der Waals surface area contributed by atoms with E-state index >= 15 is 0 Å². The zero-order chi connectivity index (χ0) is 13.4. The molecule has 0 unspecified atom stereocenters. The Kier molecular flexibility index (Phi) is 2.79. The van der Waals surface area contributed by atoms with Crippen molar-refractivity contribution in [1.82, 2.24) is 4.98 Å². The lowest BCUT2D eigenvalue weighted by atomic mass is 9.74. The molecule has 20 heavy (non-hydrogen) atoms. The van der Waals surface area contributed by atoms with Crippen LogP contribution in [-0.2, 0) is 0 Å². The van der Waals surface area contributed by atoms with E-state index < -0.39 is 0 Å². The Morgan fingerprint density at radius 2 is 1.75 bits per heavy atom. The van der Waals surface area contributed by atoms with Crippen LogP contribution in [0.4, 0.5) is 11.4 Å². The molecule has 0 bridgehead atoms. The van der Waals surface area contributed by atoms with Crippen LogP contribution in [0.25, 0.3) is 10.9 Å². The van der Waals surface area contributed by atoms with Gasteiger partial charge in [0.25, 0.3) is 0 Å². The number of rotatable bonds is 0. The molecule has 3 heteroatoms. The number of nitrogens with zero attached hydrogens (tertiary/aromatic N) is 1. The van der Waals surface area contributed by atoms with E-state index in [1.165, 1.54) is 43.2 Å². The van der Waals surface area contributed by atoms with Crippen LogP contribution in [0.2, 0.25) is 0 Å². The topological polar surface area (TPSA) is 37.0 Å². The first kappa shape index (κ1) is 12.0. The van der Waals surface area contributed by atoms with Crippen LogP contribution < -0.4 is 10.6 Å². The molecule has 0 saturated heterocycles. The van der Waals surface area contributed by atoms with Crippen LogP contribution >= 0.6 is 0 Å². The Morgan fingerprint density at radius 1 is 0.950 bits per heavy atom. The lowest BCUT2D eigenvalue weighted by Crippen LogP contribution is -2.36. The first-order valence-corrected chi connectivity index (χ1v) is 7.72. The minimum atomic E-state index is 0.429. The molecule has 0 amide bonds. The number of benzene rings is 1. The zero-order valence-electron chi connectivity index (χ0n) is 11.8. The maximum atomic E-state index is 4.57. The fourth-order valence-electron chi connectivity index (χ4n) is 3.74. The third kappa shape index (κ3) is 1.92. The summed E-state index contributed by atoms with van der Waals surface area (Å²) < 4.78 is 0. The van der Waals surface area contributed by atoms with Gasteiger partial charge in [-0.2, -0.15) is 0 Å². The van der Waals surface area contributed by atoms with E-state index in [-0.39, 0.29) is 0 Å². The highest BCUT2D eigenvalue weighted by Gasteiger charge is 2.34. The minimum Gasteiger partial charge on any atom is -0.382 e. The van der Waals surface area contributed by atoms with Crippen molar-refractivity contribution in [2.75, 3.05) is 23.7 Å². The van der Waals surface area contributed by atoms with Crippen molar-refractivity contribution in [3.05, 3.63) is 30.5 Å². The van der Waals surface area contributed by atoms with Gasteiger partial charge in [0.15, 0.2) is 0 Å². The minimum absolute atomic E-state index is 0.429. The smallest absolute Gasteiger partial charge is 0.0769 e. The number of fused-ring (bicyclic) bond motifs is 3. The van der Waals surface area contributed by atoms with Crippen molar-refractivity contribution >= 4 is 22.3 Å². The van der Waals surface area contributed by atoms with Crippen LogP contribution in [0.15, 0.2) is 30.5 Å². The summed E-state index contributed by atoms with van der Waals surface area (Å²) in [6, 6.07) is 8.38. The number of hydrogen-bond donors (Lipinski definition) is 2. The molecule has 4 rings (SSSR count). The number of aromatic nitrogens is 1. The summed E-state index contributed by atoms with van der Waals surface area (Å²) in [5.41, 5.74) is 3.89. The van der Waals surface area contributed by atoms with E-state index in [0.29, 0.717) is 5.41 Å². The molecule has 2 N–H and O–H groups in total. The van der Waals surface area contributed by atoms with Gasteiger partial charge in [0, 0.05) is 23.9 Å². The van der Waals surface area contributed by atoms with Gasteiger partial charge in [0.1, 0.15) is 0 Å². The van der Waals surface area contributed by atoms with Gasteiger partial charge in [-0.15, -0.1) is 0 Å². The predicted octanol–water partition coefficient (Wildman–Crippen LogP) is 4.02. The number of para-hydroxylation sites is 1. The van der Waals surface area contributed by atoms with E-state index in [1.807, 2.05) is 6.20 Å². The molecule has 2 heterocycles. The number of pyridine rings is 1. The molecule has 1 saturated carbocycles. The molecule has 1 aromatic heterocycles. The van der Waals surface area contributed by atoms with Crippen LogP contribution in [0.5, 0.6) is 0 Å². The summed E-state index contributed by atoms with van der Waals surface area (Å²) >= 11 is 0. The highest BCUT2D eigenvalue weighted by atomic mass is 15.0. The van der Waals surface area contributed by atoms with E-state index in [4.69, 9.17) is 0 Å². The molecule has 2 aromatic rings. The van der Waals surface area contributed by atoms with E-state index in [1.54, 1.807) is 0 Å². The summed E-state index contributed by atoms with van der Waals surface area (Å²) in [5, 5.41) is 8.61. The second-order valence-electron chi connectivity index (χ2n) is 6.33. The molecule has 1 fully saturated rings. The molecule has 3 nitrogen and oxygen atoms in total. The van der Waals surface area contributed by atoms with Gasteiger partial charge >= 0.3 is 0 Å².